The average molecular weight is 212 g/mol. The van der Waals surface area contributed by atoms with Gasteiger partial charge in [0, 0.05) is 16.5 Å². The predicted molar refractivity (Wildman–Crippen MR) is 61.4 cm³/mol. The van der Waals surface area contributed by atoms with Crippen LogP contribution in [-0.4, -0.2) is 12.1 Å². The fourth-order valence-corrected chi connectivity index (χ4v) is 1.83. The highest BCUT2D eigenvalue weighted by Crippen LogP contribution is 2.30. The van der Waals surface area contributed by atoms with Crippen molar-refractivity contribution in [2.75, 3.05) is 7.11 Å². The van der Waals surface area contributed by atoms with Gasteiger partial charge < -0.3 is 14.1 Å². The van der Waals surface area contributed by atoms with E-state index in [1.165, 1.54) is 0 Å². The molecule has 2 aromatic heterocycles. The van der Waals surface area contributed by atoms with E-state index in [2.05, 4.69) is 11.2 Å². The van der Waals surface area contributed by atoms with E-state index in [4.69, 9.17) is 9.15 Å². The molecule has 0 fully saturated rings. The van der Waals surface area contributed by atoms with E-state index >= 15 is 0 Å². The lowest BCUT2D eigenvalue weighted by molar-refractivity contribution is 0.420. The molecule has 0 saturated heterocycles. The number of nitrogens with one attached hydrogen (secondary N) is 1. The summed E-state index contributed by atoms with van der Waals surface area (Å²) in [4.78, 5) is 3.30. The van der Waals surface area contributed by atoms with Crippen molar-refractivity contribution in [3.05, 3.63) is 42.9 Å². The predicted octanol–water partition coefficient (Wildman–Crippen LogP) is 3.24. The number of hydrogen-bond acceptors (Lipinski definition) is 2. The lowest BCUT2D eigenvalue weighted by Gasteiger charge is -1.99. The molecular weight excluding hydrogens is 202 g/mol. The summed E-state index contributed by atoms with van der Waals surface area (Å²) < 4.78 is 10.2. The van der Waals surface area contributed by atoms with Crippen LogP contribution in [-0.2, 0) is 0 Å². The molecule has 0 atom stereocenters. The first-order chi connectivity index (χ1) is 7.88. The lowest BCUT2D eigenvalue weighted by atomic mass is 10.2. The molecule has 0 unspecified atom stereocenters. The van der Waals surface area contributed by atoms with Crippen molar-refractivity contribution in [1.29, 1.82) is 0 Å². The molecule has 0 aliphatic rings. The van der Waals surface area contributed by atoms with Gasteiger partial charge in [0.05, 0.1) is 19.1 Å². The Hall–Kier alpha value is -2.16. The van der Waals surface area contributed by atoms with E-state index in [9.17, 15) is 0 Å². The summed E-state index contributed by atoms with van der Waals surface area (Å²) in [5.74, 6) is 0.864. The van der Waals surface area contributed by atoms with Crippen LogP contribution in [0.1, 0.15) is 0 Å². The fraction of sp³-hybridized carbons (Fsp3) is 0.0769. The summed E-state index contributed by atoms with van der Waals surface area (Å²) in [5, 5.41) is 1.06. The van der Waals surface area contributed by atoms with Crippen molar-refractivity contribution in [3.8, 4) is 17.0 Å². The number of H-pyrrole nitrogens is 1. The van der Waals surface area contributed by atoms with E-state index in [1.54, 1.807) is 13.4 Å². The summed E-state index contributed by atoms with van der Waals surface area (Å²) in [5.41, 5.74) is 2.94. The number of furan rings is 1. The van der Waals surface area contributed by atoms with E-state index in [1.807, 2.05) is 30.3 Å². The van der Waals surface area contributed by atoms with Gasteiger partial charge in [-0.15, -0.1) is 0 Å². The van der Waals surface area contributed by atoms with Crippen molar-refractivity contribution >= 4 is 10.9 Å². The molecule has 0 saturated carbocycles. The van der Waals surface area contributed by atoms with Gasteiger partial charge in [-0.3, -0.25) is 0 Å². The number of aromatic nitrogens is 1. The monoisotopic (exact) mass is 212 g/mol. The van der Waals surface area contributed by atoms with Crippen molar-refractivity contribution in [2.24, 2.45) is 0 Å². The maximum Gasteiger partial charge on any atom is 0.179 e. The SMILES string of the molecule is COc1cccc2[nH]c(-c3[c]occ3)cc12. The van der Waals surface area contributed by atoms with Gasteiger partial charge >= 0.3 is 0 Å². The molecule has 0 aliphatic carbocycles. The molecule has 3 rings (SSSR count). The van der Waals surface area contributed by atoms with Gasteiger partial charge in [-0.05, 0) is 24.3 Å². The Morgan fingerprint density at radius 1 is 1.31 bits per heavy atom. The standard InChI is InChI=1S/C13H10NO2/c1-15-13-4-2-3-11-10(13)7-12(14-11)9-5-6-16-8-9/h2-7,14H,1H3. The molecule has 0 bridgehead atoms. The Labute approximate surface area is 92.7 Å². The Morgan fingerprint density at radius 3 is 3.00 bits per heavy atom. The largest absolute Gasteiger partial charge is 0.496 e. The van der Waals surface area contributed by atoms with Crippen LogP contribution in [0.2, 0.25) is 0 Å². The smallest absolute Gasteiger partial charge is 0.179 e. The van der Waals surface area contributed by atoms with Crippen LogP contribution in [0.25, 0.3) is 22.2 Å². The molecule has 1 N–H and O–H groups in total. The lowest BCUT2D eigenvalue weighted by Crippen LogP contribution is -1.81. The van der Waals surface area contributed by atoms with Crippen molar-refractivity contribution in [1.82, 2.24) is 4.98 Å². The maximum atomic E-state index is 5.30. The van der Waals surface area contributed by atoms with Gasteiger partial charge in [0.2, 0.25) is 0 Å². The second-order valence-corrected chi connectivity index (χ2v) is 3.54. The molecule has 16 heavy (non-hydrogen) atoms. The van der Waals surface area contributed by atoms with Crippen molar-refractivity contribution in [2.45, 2.75) is 0 Å². The average Bonchev–Trinajstić information content (AvgIpc) is 2.96. The first-order valence-corrected chi connectivity index (χ1v) is 5.00. The third-order valence-electron chi connectivity index (χ3n) is 2.61. The van der Waals surface area contributed by atoms with Gasteiger partial charge in [-0.1, -0.05) is 6.07 Å². The highest BCUT2D eigenvalue weighted by molar-refractivity contribution is 5.90. The van der Waals surface area contributed by atoms with Crippen LogP contribution in [0, 0.1) is 6.26 Å². The van der Waals surface area contributed by atoms with Crippen LogP contribution in [0.5, 0.6) is 5.75 Å². The maximum absolute atomic E-state index is 5.30. The number of hydrogen-bond donors (Lipinski definition) is 1. The van der Waals surface area contributed by atoms with Crippen LogP contribution >= 0.6 is 0 Å². The normalized spacial score (nSPS) is 10.8. The third kappa shape index (κ3) is 1.29. The van der Waals surface area contributed by atoms with Gasteiger partial charge in [0.25, 0.3) is 0 Å². The molecule has 2 heterocycles. The number of benzene rings is 1. The van der Waals surface area contributed by atoms with Crippen LogP contribution < -0.4 is 4.74 Å². The molecule has 79 valence electrons. The number of fused-ring (bicyclic) bond motifs is 1. The Bertz CT molecular complexity index is 608. The minimum Gasteiger partial charge on any atom is -0.496 e. The van der Waals surface area contributed by atoms with E-state index in [0.717, 1.165) is 27.9 Å². The molecule has 0 amide bonds. The van der Waals surface area contributed by atoms with Gasteiger partial charge in [-0.25, -0.2) is 0 Å². The van der Waals surface area contributed by atoms with Gasteiger partial charge in [0.1, 0.15) is 5.75 Å². The van der Waals surface area contributed by atoms with E-state index < -0.39 is 0 Å². The third-order valence-corrected chi connectivity index (χ3v) is 2.61. The zero-order valence-corrected chi connectivity index (χ0v) is 8.78. The summed E-state index contributed by atoms with van der Waals surface area (Å²) in [7, 11) is 1.67. The molecule has 1 aromatic carbocycles. The summed E-state index contributed by atoms with van der Waals surface area (Å²) in [6.07, 6.45) is 4.41. The molecule has 3 nitrogen and oxygen atoms in total. The Kier molecular flexibility index (Phi) is 1.96. The summed E-state index contributed by atoms with van der Waals surface area (Å²) >= 11 is 0. The van der Waals surface area contributed by atoms with E-state index in [0.29, 0.717) is 0 Å². The molecule has 3 heteroatoms. The quantitative estimate of drug-likeness (QED) is 0.708. The number of rotatable bonds is 2. The molecule has 0 aliphatic heterocycles. The Morgan fingerprint density at radius 2 is 2.25 bits per heavy atom. The number of ether oxygens (including phenoxy) is 1. The minimum atomic E-state index is 0.864. The van der Waals surface area contributed by atoms with Crippen LogP contribution in [0.3, 0.4) is 0 Å². The highest BCUT2D eigenvalue weighted by atomic mass is 16.5. The second kappa shape index (κ2) is 3.45. The zero-order chi connectivity index (χ0) is 11.0. The number of aromatic amines is 1. The fourth-order valence-electron chi connectivity index (χ4n) is 1.83. The molecule has 0 spiro atoms. The highest BCUT2D eigenvalue weighted by Gasteiger charge is 2.07. The van der Waals surface area contributed by atoms with Crippen molar-refractivity contribution in [3.63, 3.8) is 0 Å². The minimum absolute atomic E-state index is 0.864. The number of methoxy groups -OCH3 is 1. The summed E-state index contributed by atoms with van der Waals surface area (Å²) in [6, 6.07) is 9.83. The zero-order valence-electron chi connectivity index (χ0n) is 8.78. The van der Waals surface area contributed by atoms with Crippen LogP contribution in [0.15, 0.2) is 41.0 Å². The first kappa shape index (κ1) is 9.09. The van der Waals surface area contributed by atoms with E-state index in [-0.39, 0.29) is 0 Å². The van der Waals surface area contributed by atoms with Crippen LogP contribution in [0.4, 0.5) is 0 Å². The van der Waals surface area contributed by atoms with Gasteiger partial charge in [0.15, 0.2) is 6.26 Å². The van der Waals surface area contributed by atoms with Crippen molar-refractivity contribution < 1.29 is 9.15 Å². The topological polar surface area (TPSA) is 38.2 Å². The molecule has 3 aromatic rings. The molecule has 1 radical (unpaired) electrons. The molecular formula is C13H10NO2. The van der Waals surface area contributed by atoms with Gasteiger partial charge in [-0.2, -0.15) is 0 Å². The first-order valence-electron chi connectivity index (χ1n) is 5.00. The Balaban J connectivity index is 2.23. The second-order valence-electron chi connectivity index (χ2n) is 3.54. The summed E-state index contributed by atoms with van der Waals surface area (Å²) in [6.45, 7) is 0.